The molecule has 0 spiro atoms. The topological polar surface area (TPSA) is 113 Å². The zero-order chi connectivity index (χ0) is 18.7. The lowest BCUT2D eigenvalue weighted by Crippen LogP contribution is -2.24. The molecule has 7 nitrogen and oxygen atoms in total. The molecule has 0 aromatic heterocycles. The summed E-state index contributed by atoms with van der Waals surface area (Å²) in [5.41, 5.74) is 4.47. The van der Waals surface area contributed by atoms with Crippen LogP contribution in [0, 0.1) is 21.7 Å². The number of nitrogen functional groups attached to an aromatic ring is 1. The van der Waals surface area contributed by atoms with Crippen molar-refractivity contribution in [3.63, 3.8) is 0 Å². The van der Waals surface area contributed by atoms with Crippen LogP contribution in [0.5, 0.6) is 0 Å². The number of ether oxygens (including phenoxy) is 1. The van der Waals surface area contributed by atoms with Crippen molar-refractivity contribution in [2.24, 2.45) is 0 Å². The monoisotopic (exact) mass is 350 g/mol. The molecule has 0 unspecified atom stereocenters. The van der Waals surface area contributed by atoms with Crippen molar-refractivity contribution in [3.05, 3.63) is 69.3 Å². The maximum absolute atomic E-state index is 13.2. The van der Waals surface area contributed by atoms with E-state index < -0.39 is 40.1 Å². The summed E-state index contributed by atoms with van der Waals surface area (Å²) >= 11 is 0. The summed E-state index contributed by atoms with van der Waals surface area (Å²) in [7, 11) is 0. The van der Waals surface area contributed by atoms with Crippen LogP contribution in [0.2, 0.25) is 0 Å². The Morgan fingerprint density at radius 3 is 2.36 bits per heavy atom. The van der Waals surface area contributed by atoms with Crippen LogP contribution in [0.25, 0.3) is 0 Å². The lowest BCUT2D eigenvalue weighted by molar-refractivity contribution is -0.383. The second kappa shape index (κ2) is 7.04. The van der Waals surface area contributed by atoms with Gasteiger partial charge in [0.05, 0.1) is 10.5 Å². The highest BCUT2D eigenvalue weighted by molar-refractivity contribution is 6.01. The molecule has 0 heterocycles. The minimum atomic E-state index is -1.31. The molecule has 25 heavy (non-hydrogen) atoms. The fourth-order valence-corrected chi connectivity index (χ4v) is 1.99. The van der Waals surface area contributed by atoms with Gasteiger partial charge in [0, 0.05) is 11.6 Å². The molecule has 0 saturated heterocycles. The van der Waals surface area contributed by atoms with Crippen LogP contribution >= 0.6 is 0 Å². The van der Waals surface area contributed by atoms with Crippen molar-refractivity contribution in [2.45, 2.75) is 13.0 Å². The zero-order valence-corrected chi connectivity index (χ0v) is 12.9. The first kappa shape index (κ1) is 18.0. The van der Waals surface area contributed by atoms with Crippen molar-refractivity contribution >= 4 is 23.1 Å². The maximum atomic E-state index is 13.2. The Hall–Kier alpha value is -3.36. The fourth-order valence-electron chi connectivity index (χ4n) is 1.99. The molecule has 2 rings (SSSR count). The number of nitrogens with zero attached hydrogens (tertiary/aromatic N) is 1. The second-order valence-electron chi connectivity index (χ2n) is 5.07. The first-order chi connectivity index (χ1) is 11.7. The van der Waals surface area contributed by atoms with Gasteiger partial charge in [0.1, 0.15) is 5.69 Å². The van der Waals surface area contributed by atoms with E-state index in [2.05, 4.69) is 0 Å². The molecular formula is C16H12F2N2O5. The second-order valence-corrected chi connectivity index (χ2v) is 5.07. The van der Waals surface area contributed by atoms with E-state index in [-0.39, 0.29) is 16.8 Å². The Balaban J connectivity index is 2.16. The van der Waals surface area contributed by atoms with E-state index in [1.807, 2.05) is 0 Å². The lowest BCUT2D eigenvalue weighted by atomic mass is 10.1. The lowest BCUT2D eigenvalue weighted by Gasteiger charge is -2.12. The highest BCUT2D eigenvalue weighted by Crippen LogP contribution is 2.23. The summed E-state index contributed by atoms with van der Waals surface area (Å²) in [4.78, 5) is 34.2. The largest absolute Gasteiger partial charge is 0.451 e. The number of Topliss-reactive ketones (excluding diaryl/α,β-unsaturated/α-hetero) is 1. The van der Waals surface area contributed by atoms with Crippen LogP contribution in [0.4, 0.5) is 20.2 Å². The van der Waals surface area contributed by atoms with Gasteiger partial charge in [-0.25, -0.2) is 13.6 Å². The number of carbonyl (C=O) groups excluding carboxylic acids is 2. The van der Waals surface area contributed by atoms with Crippen molar-refractivity contribution in [1.82, 2.24) is 0 Å². The zero-order valence-electron chi connectivity index (χ0n) is 12.9. The van der Waals surface area contributed by atoms with E-state index in [0.29, 0.717) is 6.07 Å². The van der Waals surface area contributed by atoms with E-state index in [1.165, 1.54) is 13.0 Å². The smallest absolute Gasteiger partial charge is 0.339 e. The third-order valence-electron chi connectivity index (χ3n) is 3.32. The highest BCUT2D eigenvalue weighted by atomic mass is 19.2. The van der Waals surface area contributed by atoms with Gasteiger partial charge in [0.15, 0.2) is 17.7 Å². The summed E-state index contributed by atoms with van der Waals surface area (Å²) in [6.45, 7) is 1.24. The van der Waals surface area contributed by atoms with Crippen molar-refractivity contribution in [3.8, 4) is 0 Å². The molecule has 130 valence electrons. The van der Waals surface area contributed by atoms with Gasteiger partial charge in [-0.3, -0.25) is 14.9 Å². The predicted molar refractivity (Wildman–Crippen MR) is 83.1 cm³/mol. The van der Waals surface area contributed by atoms with Crippen LogP contribution in [0.1, 0.15) is 27.6 Å². The van der Waals surface area contributed by atoms with Gasteiger partial charge in [-0.1, -0.05) is 0 Å². The number of hydrogen-bond acceptors (Lipinski definition) is 6. The number of esters is 1. The van der Waals surface area contributed by atoms with Crippen molar-refractivity contribution in [2.75, 3.05) is 5.73 Å². The Morgan fingerprint density at radius 1 is 1.12 bits per heavy atom. The number of ketones is 1. The first-order valence-corrected chi connectivity index (χ1v) is 6.95. The van der Waals surface area contributed by atoms with Crippen LogP contribution < -0.4 is 5.73 Å². The summed E-state index contributed by atoms with van der Waals surface area (Å²) in [6.07, 6.45) is -1.31. The molecule has 0 bridgehead atoms. The van der Waals surface area contributed by atoms with Crippen LogP contribution in [-0.4, -0.2) is 22.8 Å². The summed E-state index contributed by atoms with van der Waals surface area (Å²) < 4.78 is 31.0. The normalized spacial score (nSPS) is 11.6. The van der Waals surface area contributed by atoms with E-state index in [4.69, 9.17) is 10.5 Å². The fraction of sp³-hybridized carbons (Fsp3) is 0.125. The number of halogens is 2. The first-order valence-electron chi connectivity index (χ1n) is 6.95. The summed E-state index contributed by atoms with van der Waals surface area (Å²) in [6, 6.07) is 5.82. The Morgan fingerprint density at radius 2 is 1.76 bits per heavy atom. The van der Waals surface area contributed by atoms with Gasteiger partial charge in [-0.2, -0.15) is 0 Å². The van der Waals surface area contributed by atoms with Crippen molar-refractivity contribution < 1.29 is 28.0 Å². The number of hydrogen-bond donors (Lipinski definition) is 1. The summed E-state index contributed by atoms with van der Waals surface area (Å²) in [5, 5.41) is 10.8. The molecule has 0 aliphatic rings. The Bertz CT molecular complexity index is 870. The molecule has 2 N–H and O–H groups in total. The number of benzene rings is 2. The van der Waals surface area contributed by atoms with Crippen LogP contribution in [-0.2, 0) is 4.74 Å². The van der Waals surface area contributed by atoms with Crippen molar-refractivity contribution in [1.29, 1.82) is 0 Å². The molecule has 2 aromatic rings. The Kier molecular flexibility index (Phi) is 5.06. The summed E-state index contributed by atoms with van der Waals surface area (Å²) in [5.74, 6) is -4.07. The highest BCUT2D eigenvalue weighted by Gasteiger charge is 2.23. The average Bonchev–Trinajstić information content (AvgIpc) is 2.56. The number of nitro benzene ring substituents is 1. The number of anilines is 1. The van der Waals surface area contributed by atoms with Gasteiger partial charge in [0.25, 0.3) is 5.69 Å². The molecule has 0 aliphatic heterocycles. The van der Waals surface area contributed by atoms with Gasteiger partial charge in [-0.15, -0.1) is 0 Å². The Labute approximate surface area is 140 Å². The SMILES string of the molecule is C[C@H](OC(=O)c1ccc(N)c([N+](=O)[O-])c1)C(=O)c1ccc(F)c(F)c1. The maximum Gasteiger partial charge on any atom is 0.339 e. The van der Waals surface area contributed by atoms with Crippen LogP contribution in [0.3, 0.4) is 0 Å². The van der Waals surface area contributed by atoms with E-state index >= 15 is 0 Å². The quantitative estimate of drug-likeness (QED) is 0.292. The molecular weight excluding hydrogens is 338 g/mol. The van der Waals surface area contributed by atoms with Gasteiger partial charge >= 0.3 is 5.97 Å². The number of rotatable bonds is 5. The molecule has 0 saturated carbocycles. The molecule has 0 fully saturated rings. The number of carbonyl (C=O) groups is 2. The number of nitrogens with two attached hydrogens (primary N) is 1. The third-order valence-corrected chi connectivity index (χ3v) is 3.32. The standard InChI is InChI=1S/C16H12F2N2O5/c1-8(15(21)9-2-4-11(17)12(18)6-9)25-16(22)10-3-5-13(19)14(7-10)20(23)24/h2-8H,19H2,1H3/t8-/m0/s1. The molecule has 0 radical (unpaired) electrons. The van der Waals surface area contributed by atoms with Gasteiger partial charge in [0.2, 0.25) is 5.78 Å². The van der Waals surface area contributed by atoms with E-state index in [9.17, 15) is 28.5 Å². The average molecular weight is 350 g/mol. The number of nitro groups is 1. The third kappa shape index (κ3) is 3.94. The molecule has 9 heteroatoms. The van der Waals surface area contributed by atoms with Crippen LogP contribution in [0.15, 0.2) is 36.4 Å². The van der Waals surface area contributed by atoms with E-state index in [1.54, 1.807) is 0 Å². The van der Waals surface area contributed by atoms with Gasteiger partial charge in [-0.05, 0) is 37.3 Å². The molecule has 0 aliphatic carbocycles. The minimum Gasteiger partial charge on any atom is -0.451 e. The minimum absolute atomic E-state index is 0.132. The predicted octanol–water partition coefficient (Wildman–Crippen LogP) is 2.88. The molecule has 1 atom stereocenters. The molecule has 0 amide bonds. The molecule has 2 aromatic carbocycles. The van der Waals surface area contributed by atoms with E-state index in [0.717, 1.165) is 24.3 Å². The van der Waals surface area contributed by atoms with Gasteiger partial charge < -0.3 is 10.5 Å².